The lowest BCUT2D eigenvalue weighted by Crippen LogP contribution is -2.16. The molecule has 0 atom stereocenters. The molecule has 0 saturated heterocycles. The van der Waals surface area contributed by atoms with Crippen molar-refractivity contribution in [3.8, 4) is 0 Å². The van der Waals surface area contributed by atoms with Crippen LogP contribution in [0.4, 0.5) is 13.2 Å². The Kier molecular flexibility index (Phi) is 8.25. The molecule has 126 valence electrons. The zero-order valence-electron chi connectivity index (χ0n) is 11.7. The van der Waals surface area contributed by atoms with Gasteiger partial charge in [-0.3, -0.25) is 0 Å². The van der Waals surface area contributed by atoms with Crippen LogP contribution in [0.15, 0.2) is 36.7 Å². The molecule has 23 heavy (non-hydrogen) atoms. The van der Waals surface area contributed by atoms with Gasteiger partial charge < -0.3 is 9.84 Å². The average Bonchev–Trinajstić information content (AvgIpc) is 2.50. The fourth-order valence-electron chi connectivity index (χ4n) is 1.28. The fraction of sp³-hybridized carbons (Fsp3) is 0.286. The third-order valence-electron chi connectivity index (χ3n) is 2.29. The molecule has 2 aromatic rings. The summed E-state index contributed by atoms with van der Waals surface area (Å²) < 4.78 is 39.4. The Morgan fingerprint density at radius 2 is 1.48 bits per heavy atom. The van der Waals surface area contributed by atoms with Crippen molar-refractivity contribution in [2.24, 2.45) is 0 Å². The van der Waals surface area contributed by atoms with Gasteiger partial charge in [-0.05, 0) is 23.3 Å². The summed E-state index contributed by atoms with van der Waals surface area (Å²) in [5.74, 6) is 0. The van der Waals surface area contributed by atoms with Crippen molar-refractivity contribution in [2.75, 3.05) is 6.61 Å². The van der Waals surface area contributed by atoms with Crippen LogP contribution in [-0.2, 0) is 18.0 Å². The maximum Gasteiger partial charge on any atom is 0.411 e. The molecule has 9 heteroatoms. The highest BCUT2D eigenvalue weighted by Gasteiger charge is 2.27. The standard InChI is InChI=1S/C8H7ClF3NO.C6H6ClNO/c9-7-2-1-6(3-13-7)4-14-5-8(10,11)12;7-6-2-1-5(4-9)3-8-6/h1-3H,4-5H2;1-3,9H,4H2. The van der Waals surface area contributed by atoms with E-state index >= 15 is 0 Å². The number of halogens is 5. The molecule has 2 aromatic heterocycles. The minimum atomic E-state index is -4.29. The van der Waals surface area contributed by atoms with Gasteiger partial charge in [-0.1, -0.05) is 35.3 Å². The van der Waals surface area contributed by atoms with E-state index in [4.69, 9.17) is 28.3 Å². The topological polar surface area (TPSA) is 55.2 Å². The molecule has 0 amide bonds. The van der Waals surface area contributed by atoms with Gasteiger partial charge in [0.05, 0.1) is 13.2 Å². The molecule has 0 aromatic carbocycles. The van der Waals surface area contributed by atoms with Crippen molar-refractivity contribution in [2.45, 2.75) is 19.4 Å². The number of aromatic nitrogens is 2. The Morgan fingerprint density at radius 3 is 1.87 bits per heavy atom. The third-order valence-corrected chi connectivity index (χ3v) is 2.74. The number of aliphatic hydroxyl groups excluding tert-OH is 1. The van der Waals surface area contributed by atoms with E-state index in [0.29, 0.717) is 15.9 Å². The van der Waals surface area contributed by atoms with Crippen LogP contribution in [-0.4, -0.2) is 27.9 Å². The molecular weight excluding hydrogens is 356 g/mol. The van der Waals surface area contributed by atoms with Crippen LogP contribution in [0.1, 0.15) is 11.1 Å². The van der Waals surface area contributed by atoms with E-state index in [1.165, 1.54) is 12.3 Å². The minimum Gasteiger partial charge on any atom is -0.392 e. The van der Waals surface area contributed by atoms with Gasteiger partial charge in [0.2, 0.25) is 0 Å². The summed E-state index contributed by atoms with van der Waals surface area (Å²) in [4.78, 5) is 7.45. The lowest BCUT2D eigenvalue weighted by molar-refractivity contribution is -0.176. The Hall–Kier alpha value is -1.41. The van der Waals surface area contributed by atoms with Gasteiger partial charge in [0, 0.05) is 12.4 Å². The highest BCUT2D eigenvalue weighted by atomic mass is 35.5. The Labute approximate surface area is 140 Å². The lowest BCUT2D eigenvalue weighted by atomic mass is 10.3. The predicted molar refractivity (Wildman–Crippen MR) is 80.1 cm³/mol. The van der Waals surface area contributed by atoms with Crippen LogP contribution in [0.3, 0.4) is 0 Å². The lowest BCUT2D eigenvalue weighted by Gasteiger charge is -2.06. The second kappa shape index (κ2) is 9.67. The number of aliphatic hydroxyl groups is 1. The predicted octanol–water partition coefficient (Wildman–Crippen LogP) is 4.04. The van der Waals surface area contributed by atoms with Crippen molar-refractivity contribution in [1.82, 2.24) is 9.97 Å². The number of hydrogen-bond acceptors (Lipinski definition) is 4. The number of rotatable bonds is 4. The number of ether oxygens (including phenoxy) is 1. The molecule has 0 aliphatic carbocycles. The average molecular weight is 369 g/mol. The molecule has 0 aliphatic rings. The minimum absolute atomic E-state index is 0.0180. The largest absolute Gasteiger partial charge is 0.411 e. The SMILES string of the molecule is FC(F)(F)COCc1ccc(Cl)nc1.OCc1ccc(Cl)nc1. The molecule has 2 heterocycles. The molecule has 0 unspecified atom stereocenters. The maximum absolute atomic E-state index is 11.7. The van der Waals surface area contributed by atoms with Gasteiger partial charge >= 0.3 is 6.18 Å². The fourth-order valence-corrected chi connectivity index (χ4v) is 1.50. The number of alkyl halides is 3. The number of hydrogen-bond donors (Lipinski definition) is 1. The van der Waals surface area contributed by atoms with Crippen molar-refractivity contribution in [3.05, 3.63) is 58.1 Å². The molecular formula is C14H13Cl2F3N2O2. The van der Waals surface area contributed by atoms with Gasteiger partial charge in [0.1, 0.15) is 16.9 Å². The summed E-state index contributed by atoms with van der Waals surface area (Å²) in [6.45, 7) is -1.36. The zero-order chi connectivity index (χ0) is 17.3. The highest BCUT2D eigenvalue weighted by Crippen LogP contribution is 2.15. The monoisotopic (exact) mass is 368 g/mol. The van der Waals surface area contributed by atoms with E-state index in [9.17, 15) is 13.2 Å². The van der Waals surface area contributed by atoms with Crippen molar-refractivity contribution in [3.63, 3.8) is 0 Å². The second-order valence-corrected chi connectivity index (χ2v) is 5.02. The van der Waals surface area contributed by atoms with Crippen LogP contribution in [0, 0.1) is 0 Å². The first-order valence-electron chi connectivity index (χ1n) is 6.26. The molecule has 0 fully saturated rings. The number of pyridine rings is 2. The quantitative estimate of drug-likeness (QED) is 0.827. The van der Waals surface area contributed by atoms with Gasteiger partial charge in [-0.25, -0.2) is 9.97 Å². The van der Waals surface area contributed by atoms with Crippen molar-refractivity contribution >= 4 is 23.2 Å². The van der Waals surface area contributed by atoms with Gasteiger partial charge in [-0.2, -0.15) is 13.2 Å². The van der Waals surface area contributed by atoms with E-state index in [1.807, 2.05) is 0 Å². The molecule has 0 aliphatic heterocycles. The summed E-state index contributed by atoms with van der Waals surface area (Å²) in [6.07, 6.45) is -1.37. The van der Waals surface area contributed by atoms with E-state index in [-0.39, 0.29) is 13.2 Å². The molecule has 0 bridgehead atoms. The summed E-state index contributed by atoms with van der Waals surface area (Å²) in [5.41, 5.74) is 1.33. The van der Waals surface area contributed by atoms with Gasteiger partial charge in [0.25, 0.3) is 0 Å². The molecule has 0 radical (unpaired) electrons. The Morgan fingerprint density at radius 1 is 0.957 bits per heavy atom. The number of nitrogens with zero attached hydrogens (tertiary/aromatic N) is 2. The van der Waals surface area contributed by atoms with E-state index in [2.05, 4.69) is 14.7 Å². The first kappa shape index (κ1) is 19.6. The van der Waals surface area contributed by atoms with E-state index in [0.717, 1.165) is 5.56 Å². The second-order valence-electron chi connectivity index (χ2n) is 4.24. The third kappa shape index (κ3) is 9.35. The first-order chi connectivity index (χ1) is 10.8. The summed E-state index contributed by atoms with van der Waals surface area (Å²) in [5, 5.41) is 9.29. The van der Waals surface area contributed by atoms with Crippen molar-refractivity contribution in [1.29, 1.82) is 0 Å². The van der Waals surface area contributed by atoms with Crippen LogP contribution in [0.2, 0.25) is 10.3 Å². The van der Waals surface area contributed by atoms with E-state index < -0.39 is 12.8 Å². The van der Waals surface area contributed by atoms with Gasteiger partial charge in [0.15, 0.2) is 0 Å². The molecule has 4 nitrogen and oxygen atoms in total. The Balaban J connectivity index is 0.000000253. The van der Waals surface area contributed by atoms with Crippen LogP contribution in [0.25, 0.3) is 0 Å². The zero-order valence-corrected chi connectivity index (χ0v) is 13.2. The maximum atomic E-state index is 11.7. The van der Waals surface area contributed by atoms with Crippen LogP contribution in [0.5, 0.6) is 0 Å². The summed E-state index contributed by atoms with van der Waals surface area (Å²) in [6, 6.07) is 6.43. The first-order valence-corrected chi connectivity index (χ1v) is 7.02. The normalized spacial score (nSPS) is 10.9. The van der Waals surface area contributed by atoms with Crippen LogP contribution < -0.4 is 0 Å². The smallest absolute Gasteiger partial charge is 0.392 e. The summed E-state index contributed by atoms with van der Waals surface area (Å²) >= 11 is 11.0. The Bertz CT molecular complexity index is 578. The van der Waals surface area contributed by atoms with Crippen molar-refractivity contribution < 1.29 is 23.0 Å². The molecule has 0 spiro atoms. The van der Waals surface area contributed by atoms with E-state index in [1.54, 1.807) is 24.4 Å². The molecule has 2 rings (SSSR count). The summed E-state index contributed by atoms with van der Waals surface area (Å²) in [7, 11) is 0. The van der Waals surface area contributed by atoms with Crippen LogP contribution >= 0.6 is 23.2 Å². The van der Waals surface area contributed by atoms with Gasteiger partial charge in [-0.15, -0.1) is 0 Å². The highest BCUT2D eigenvalue weighted by molar-refractivity contribution is 6.29. The molecule has 0 saturated carbocycles. The molecule has 1 N–H and O–H groups in total.